The molecule has 4 fully saturated rings. The summed E-state index contributed by atoms with van der Waals surface area (Å²) in [4.78, 5) is 0. The van der Waals surface area contributed by atoms with Crippen molar-refractivity contribution in [1.82, 2.24) is 0 Å². The summed E-state index contributed by atoms with van der Waals surface area (Å²) in [5.74, 6) is 8.90. The van der Waals surface area contributed by atoms with Crippen LogP contribution in [0.15, 0.2) is 0 Å². The van der Waals surface area contributed by atoms with Crippen LogP contribution in [-0.4, -0.2) is 0 Å². The van der Waals surface area contributed by atoms with Gasteiger partial charge in [0.15, 0.2) is 0 Å². The molecule has 0 aromatic heterocycles. The molecular formula is C22H26Ti. The van der Waals surface area contributed by atoms with E-state index in [1.54, 1.807) is 11.8 Å². The summed E-state index contributed by atoms with van der Waals surface area (Å²) >= 11 is 0. The van der Waals surface area contributed by atoms with Crippen molar-refractivity contribution >= 4 is 0 Å². The molecule has 4 rings (SSSR count). The van der Waals surface area contributed by atoms with Crippen LogP contribution in [0.4, 0.5) is 0 Å². The summed E-state index contributed by atoms with van der Waals surface area (Å²) in [5.41, 5.74) is 0. The van der Waals surface area contributed by atoms with E-state index in [9.17, 15) is 0 Å². The predicted molar refractivity (Wildman–Crippen MR) is 91.4 cm³/mol. The Morgan fingerprint density at radius 3 is 1.39 bits per heavy atom. The van der Waals surface area contributed by atoms with Crippen LogP contribution >= 0.6 is 0 Å². The van der Waals surface area contributed by atoms with Crippen molar-refractivity contribution < 1.29 is 21.7 Å². The Bertz CT molecular complexity index is 294. The monoisotopic (exact) mass is 338 g/mol. The second-order valence-corrected chi connectivity index (χ2v) is 6.29. The van der Waals surface area contributed by atoms with Gasteiger partial charge in [-0.2, -0.15) is 0 Å². The van der Waals surface area contributed by atoms with E-state index in [0.29, 0.717) is 0 Å². The third-order valence-corrected chi connectivity index (χ3v) is 5.02. The molecule has 0 saturated heterocycles. The molecule has 0 aliphatic heterocycles. The molecular weight excluding hydrogens is 312 g/mol. The molecule has 4 saturated carbocycles. The maximum absolute atomic E-state index is 3.41. The predicted octanol–water partition coefficient (Wildman–Crippen LogP) is 5.61. The first-order chi connectivity index (χ1) is 9.92. The summed E-state index contributed by atoms with van der Waals surface area (Å²) in [6.07, 6.45) is 26.1. The summed E-state index contributed by atoms with van der Waals surface area (Å²) in [5, 5.41) is 0. The van der Waals surface area contributed by atoms with Gasteiger partial charge in [0.1, 0.15) is 0 Å². The first-order valence-corrected chi connectivity index (χ1v) is 8.12. The molecule has 4 aliphatic rings. The second-order valence-electron chi connectivity index (χ2n) is 6.29. The van der Waals surface area contributed by atoms with Gasteiger partial charge >= 0.3 is 21.7 Å². The Kier molecular flexibility index (Phi) is 9.47. The van der Waals surface area contributed by atoms with Crippen LogP contribution in [0.5, 0.6) is 0 Å². The molecule has 14 radical (unpaired) electrons. The fourth-order valence-corrected chi connectivity index (χ4v) is 3.88. The molecule has 0 nitrogen and oxygen atoms in total. The van der Waals surface area contributed by atoms with E-state index in [1.807, 2.05) is 0 Å². The summed E-state index contributed by atoms with van der Waals surface area (Å²) < 4.78 is 0. The number of hydrogen-bond acceptors (Lipinski definition) is 0. The van der Waals surface area contributed by atoms with Crippen molar-refractivity contribution in [1.29, 1.82) is 0 Å². The minimum atomic E-state index is 0. The zero-order chi connectivity index (χ0) is 13.4. The molecule has 23 heavy (non-hydrogen) atoms. The van der Waals surface area contributed by atoms with E-state index in [0.717, 1.165) is 12.8 Å². The number of hydrogen-bond donors (Lipinski definition) is 0. The van der Waals surface area contributed by atoms with Crippen molar-refractivity contribution in [2.45, 2.75) is 64.2 Å². The summed E-state index contributed by atoms with van der Waals surface area (Å²) in [7, 11) is 0. The molecule has 4 aliphatic carbocycles. The number of fused-ring (bicyclic) bond motifs is 2. The van der Waals surface area contributed by atoms with Crippen molar-refractivity contribution in [2.24, 2.45) is 0 Å². The van der Waals surface area contributed by atoms with E-state index >= 15 is 0 Å². The van der Waals surface area contributed by atoms with Gasteiger partial charge in [-0.1, -0.05) is 25.7 Å². The standard InChI is InChI=1S/C20H20.2CH3.Ti/c1-3-7-19-15(5-1)9-11-17(19)13-14-18-12-10-16-6-2-4-8-20(16)18;;;/h1-8,13-14H2;2*1H3;/q;2*-1;+2. The Hall–Kier alpha value is 0.714. The van der Waals surface area contributed by atoms with Crippen LogP contribution in [-0.2, 0) is 21.7 Å². The van der Waals surface area contributed by atoms with Gasteiger partial charge in [-0.15, -0.1) is 0 Å². The number of rotatable bonds is 3. The van der Waals surface area contributed by atoms with Gasteiger partial charge < -0.3 is 14.9 Å². The third kappa shape index (κ3) is 4.66. The van der Waals surface area contributed by atoms with E-state index in [2.05, 4.69) is 25.7 Å². The fourth-order valence-electron chi connectivity index (χ4n) is 3.88. The molecule has 0 spiro atoms. The Morgan fingerprint density at radius 2 is 0.957 bits per heavy atom. The van der Waals surface area contributed by atoms with Crippen molar-refractivity contribution in [2.75, 3.05) is 0 Å². The van der Waals surface area contributed by atoms with Gasteiger partial charge in [0.25, 0.3) is 0 Å². The topological polar surface area (TPSA) is 0 Å². The van der Waals surface area contributed by atoms with Gasteiger partial charge in [0.05, 0.1) is 0 Å². The van der Waals surface area contributed by atoms with E-state index in [-0.39, 0.29) is 36.6 Å². The molecule has 0 aromatic carbocycles. The van der Waals surface area contributed by atoms with E-state index in [1.165, 1.54) is 75.0 Å². The Labute approximate surface area is 161 Å². The Balaban J connectivity index is 0.000000882. The second kappa shape index (κ2) is 10.0. The maximum Gasteiger partial charge on any atom is 2.00 e. The van der Waals surface area contributed by atoms with Crippen LogP contribution in [0.25, 0.3) is 0 Å². The molecule has 1 heteroatoms. The van der Waals surface area contributed by atoms with Crippen LogP contribution in [0, 0.1) is 76.0 Å². The van der Waals surface area contributed by atoms with Gasteiger partial charge in [-0.25, -0.2) is 0 Å². The smallest absolute Gasteiger partial charge is 0.358 e. The molecule has 0 unspecified atom stereocenters. The van der Waals surface area contributed by atoms with Crippen molar-refractivity contribution in [3.8, 4) is 0 Å². The van der Waals surface area contributed by atoms with E-state index in [4.69, 9.17) is 0 Å². The zero-order valence-electron chi connectivity index (χ0n) is 14.6. The average Bonchev–Trinajstić information content (AvgIpc) is 3.09. The van der Waals surface area contributed by atoms with Gasteiger partial charge in [-0.05, 0) is 99.7 Å². The van der Waals surface area contributed by atoms with Gasteiger partial charge in [0, 0.05) is 0 Å². The SMILES string of the molecule is [CH3-].[CH3-].[C]1[C][C](CC[C]2[C][C][C]3CCCC[C]32)[C]2CCCC[C]12.[Ti+2]. The molecule has 0 bridgehead atoms. The largest absolute Gasteiger partial charge is 2.00 e. The minimum absolute atomic E-state index is 0. The molecule has 0 heterocycles. The van der Waals surface area contributed by atoms with Crippen LogP contribution in [0.2, 0.25) is 0 Å². The first-order valence-electron chi connectivity index (χ1n) is 8.12. The molecule has 118 valence electrons. The Morgan fingerprint density at radius 1 is 0.565 bits per heavy atom. The van der Waals surface area contributed by atoms with Gasteiger partial charge in [-0.3, -0.25) is 0 Å². The van der Waals surface area contributed by atoms with Crippen molar-refractivity contribution in [3.63, 3.8) is 0 Å². The van der Waals surface area contributed by atoms with Crippen LogP contribution < -0.4 is 0 Å². The summed E-state index contributed by atoms with van der Waals surface area (Å²) in [6.45, 7) is 0. The van der Waals surface area contributed by atoms with Crippen LogP contribution in [0.1, 0.15) is 64.2 Å². The van der Waals surface area contributed by atoms with Gasteiger partial charge in [0.2, 0.25) is 0 Å². The molecule has 0 aromatic rings. The van der Waals surface area contributed by atoms with E-state index < -0.39 is 0 Å². The quantitative estimate of drug-likeness (QED) is 0.463. The maximum atomic E-state index is 3.41. The van der Waals surface area contributed by atoms with Crippen LogP contribution in [0.3, 0.4) is 0 Å². The minimum Gasteiger partial charge on any atom is -0.358 e. The molecule has 0 N–H and O–H groups in total. The molecule has 0 atom stereocenters. The third-order valence-electron chi connectivity index (χ3n) is 5.02. The zero-order valence-corrected chi connectivity index (χ0v) is 16.1. The molecule has 0 amide bonds. The fraction of sp³-hybridized carbons (Fsp3) is 0.455. The average molecular weight is 338 g/mol. The normalized spacial score (nSPS) is 27.7. The summed E-state index contributed by atoms with van der Waals surface area (Å²) in [6, 6.07) is 0. The van der Waals surface area contributed by atoms with Crippen molar-refractivity contribution in [3.05, 3.63) is 76.0 Å². The first kappa shape index (κ1) is 21.8.